The van der Waals surface area contributed by atoms with E-state index in [1.807, 2.05) is 45.0 Å². The molecule has 42 heavy (non-hydrogen) atoms. The summed E-state index contributed by atoms with van der Waals surface area (Å²) >= 11 is 0. The molecule has 0 bridgehead atoms. The van der Waals surface area contributed by atoms with Gasteiger partial charge in [-0.1, -0.05) is 57.2 Å². The smallest absolute Gasteiger partial charge is 0.490 e. The molecule has 0 saturated carbocycles. The molecule has 1 fully saturated rings. The van der Waals surface area contributed by atoms with Gasteiger partial charge in [0.05, 0.1) is 5.69 Å². The van der Waals surface area contributed by atoms with Crippen LogP contribution in [0.5, 0.6) is 5.75 Å². The molecule has 1 aliphatic heterocycles. The maximum Gasteiger partial charge on any atom is 0.490 e. The number of carboxylic acids is 1. The highest BCUT2D eigenvalue weighted by atomic mass is 19.4. The molecule has 0 spiro atoms. The van der Waals surface area contributed by atoms with Crippen LogP contribution in [0.4, 0.5) is 28.9 Å². The minimum atomic E-state index is -5.08. The quantitative estimate of drug-likeness (QED) is 0.243. The number of aliphatic carboxylic acids is 1. The van der Waals surface area contributed by atoms with Gasteiger partial charge in [-0.25, -0.2) is 9.18 Å². The van der Waals surface area contributed by atoms with E-state index >= 15 is 0 Å². The highest BCUT2D eigenvalue weighted by Gasteiger charge is 2.38. The molecule has 226 valence electrons. The van der Waals surface area contributed by atoms with Crippen LogP contribution in [0.15, 0.2) is 60.7 Å². The van der Waals surface area contributed by atoms with Gasteiger partial charge in [-0.05, 0) is 53.6 Å². The first-order valence-electron chi connectivity index (χ1n) is 13.4. The summed E-state index contributed by atoms with van der Waals surface area (Å²) in [5.74, 6) is -3.44. The number of hydrogen-bond donors (Lipinski definition) is 4. The topological polar surface area (TPSA) is 116 Å². The van der Waals surface area contributed by atoms with E-state index in [9.17, 15) is 27.5 Å². The third-order valence-corrected chi connectivity index (χ3v) is 6.59. The zero-order valence-corrected chi connectivity index (χ0v) is 23.6. The minimum absolute atomic E-state index is 0.0919. The van der Waals surface area contributed by atoms with Crippen molar-refractivity contribution in [2.75, 3.05) is 23.3 Å². The molecule has 7 nitrogen and oxygen atoms in total. The number of aromatic hydroxyl groups is 1. The molecule has 11 heteroatoms. The molecule has 0 unspecified atom stereocenters. The number of anilines is 2. The lowest BCUT2D eigenvalue weighted by molar-refractivity contribution is -0.192. The number of amides is 1. The largest absolute Gasteiger partial charge is 0.507 e. The molecule has 3 aromatic rings. The van der Waals surface area contributed by atoms with Gasteiger partial charge in [-0.15, -0.1) is 0 Å². The fourth-order valence-electron chi connectivity index (χ4n) is 4.50. The molecule has 0 radical (unpaired) electrons. The SMILES string of the molecule is CC(C)(C)CC(=O)Nc1ccc(-c2cccc(-c3cccc(N4CCC(N)CC4)c3)c2O)cc1F.O=C(O)C(F)(F)F. The highest BCUT2D eigenvalue weighted by Crippen LogP contribution is 2.40. The van der Waals surface area contributed by atoms with Crippen LogP contribution in [0.25, 0.3) is 22.3 Å². The molecule has 1 saturated heterocycles. The molecule has 0 atom stereocenters. The number of nitrogens with two attached hydrogens (primary N) is 1. The summed E-state index contributed by atoms with van der Waals surface area (Å²) < 4.78 is 46.6. The first-order valence-corrected chi connectivity index (χ1v) is 13.4. The number of carboxylic acid groups (broad SMARTS) is 1. The fraction of sp³-hybridized carbons (Fsp3) is 0.355. The Labute approximate surface area is 242 Å². The van der Waals surface area contributed by atoms with E-state index < -0.39 is 18.0 Å². The van der Waals surface area contributed by atoms with E-state index in [1.54, 1.807) is 18.2 Å². The van der Waals surface area contributed by atoms with E-state index in [2.05, 4.69) is 22.3 Å². The number of rotatable bonds is 5. The Morgan fingerprint density at radius 2 is 1.50 bits per heavy atom. The predicted octanol–water partition coefficient (Wildman–Crippen LogP) is 6.80. The normalized spacial score (nSPS) is 14.1. The van der Waals surface area contributed by atoms with Crippen LogP contribution in [-0.4, -0.2) is 47.4 Å². The number of alkyl halides is 3. The Hall–Kier alpha value is -4.12. The van der Waals surface area contributed by atoms with E-state index in [0.29, 0.717) is 23.1 Å². The average Bonchev–Trinajstić information content (AvgIpc) is 2.89. The van der Waals surface area contributed by atoms with Crippen LogP contribution in [0.1, 0.15) is 40.0 Å². The minimum Gasteiger partial charge on any atom is -0.507 e. The number of phenolic OH excluding ortho intramolecular Hbond substituents is 1. The standard InChI is InChI=1S/C29H34FN3O2.C2HF3O2/c1-29(2,3)18-27(34)32-26-11-10-20(17-25(26)30)24-9-5-8-23(28(24)35)19-6-4-7-22(16-19)33-14-12-21(31)13-15-33;3-2(4,5)1(6)7/h4-11,16-17,21,35H,12-15,18,31H2,1-3H3,(H,32,34);(H,6,7). The molecule has 1 aliphatic rings. The van der Waals surface area contributed by atoms with Crippen molar-refractivity contribution < 1.29 is 37.4 Å². The Morgan fingerprint density at radius 1 is 0.952 bits per heavy atom. The van der Waals surface area contributed by atoms with Crippen LogP contribution >= 0.6 is 0 Å². The van der Waals surface area contributed by atoms with Crippen molar-refractivity contribution >= 4 is 23.3 Å². The lowest BCUT2D eigenvalue weighted by atomic mass is 9.92. The lowest BCUT2D eigenvalue weighted by Gasteiger charge is -2.32. The maximum absolute atomic E-state index is 14.9. The number of nitrogens with one attached hydrogen (secondary N) is 1. The van der Waals surface area contributed by atoms with Crippen molar-refractivity contribution in [1.82, 2.24) is 0 Å². The molecule has 3 aromatic carbocycles. The molecule has 1 heterocycles. The zero-order valence-electron chi connectivity index (χ0n) is 23.6. The van der Waals surface area contributed by atoms with Gasteiger partial charge in [0.15, 0.2) is 0 Å². The number of hydrogen-bond acceptors (Lipinski definition) is 5. The summed E-state index contributed by atoms with van der Waals surface area (Å²) in [4.78, 5) is 23.4. The number of carbonyl (C=O) groups is 2. The van der Waals surface area contributed by atoms with Gasteiger partial charge in [0.2, 0.25) is 5.91 Å². The van der Waals surface area contributed by atoms with Crippen LogP contribution in [0.3, 0.4) is 0 Å². The summed E-state index contributed by atoms with van der Waals surface area (Å²) in [5, 5.41) is 20.9. The number of para-hydroxylation sites is 1. The summed E-state index contributed by atoms with van der Waals surface area (Å²) in [6.45, 7) is 7.70. The number of phenols is 1. The first kappa shape index (κ1) is 32.4. The Balaban J connectivity index is 0.000000616. The Kier molecular flexibility index (Phi) is 10.2. The van der Waals surface area contributed by atoms with Crippen molar-refractivity contribution in [1.29, 1.82) is 0 Å². The van der Waals surface area contributed by atoms with Crippen molar-refractivity contribution in [3.8, 4) is 28.0 Å². The average molecular weight is 590 g/mol. The first-order chi connectivity index (χ1) is 19.5. The second-order valence-corrected chi connectivity index (χ2v) is 11.4. The molecule has 1 amide bonds. The van der Waals surface area contributed by atoms with Gasteiger partial charge >= 0.3 is 12.1 Å². The monoisotopic (exact) mass is 589 g/mol. The Bertz CT molecular complexity index is 1410. The predicted molar refractivity (Wildman–Crippen MR) is 155 cm³/mol. The van der Waals surface area contributed by atoms with Gasteiger partial charge in [0.25, 0.3) is 0 Å². The van der Waals surface area contributed by atoms with E-state index in [0.717, 1.165) is 37.2 Å². The van der Waals surface area contributed by atoms with Crippen molar-refractivity contribution in [3.63, 3.8) is 0 Å². The third kappa shape index (κ3) is 8.94. The van der Waals surface area contributed by atoms with E-state index in [4.69, 9.17) is 15.6 Å². The fourth-order valence-corrected chi connectivity index (χ4v) is 4.50. The molecular formula is C31H35F4N3O4. The molecule has 4 rings (SSSR count). The zero-order chi connectivity index (χ0) is 31.2. The summed E-state index contributed by atoms with van der Waals surface area (Å²) in [7, 11) is 0. The van der Waals surface area contributed by atoms with Crippen molar-refractivity contribution in [3.05, 3.63) is 66.5 Å². The maximum atomic E-state index is 14.9. The van der Waals surface area contributed by atoms with Crippen LogP contribution < -0.4 is 16.0 Å². The molecule has 5 N–H and O–H groups in total. The van der Waals surface area contributed by atoms with Crippen molar-refractivity contribution in [2.45, 2.75) is 52.3 Å². The number of piperidine rings is 1. The van der Waals surface area contributed by atoms with Crippen molar-refractivity contribution in [2.24, 2.45) is 11.1 Å². The molecule has 0 aromatic heterocycles. The van der Waals surface area contributed by atoms with Gasteiger partial charge in [-0.2, -0.15) is 13.2 Å². The highest BCUT2D eigenvalue weighted by molar-refractivity contribution is 5.92. The lowest BCUT2D eigenvalue weighted by Crippen LogP contribution is -2.39. The van der Waals surface area contributed by atoms with Gasteiger partial charge in [-0.3, -0.25) is 4.79 Å². The molecular weight excluding hydrogens is 554 g/mol. The van der Waals surface area contributed by atoms with Gasteiger partial charge in [0, 0.05) is 42.4 Å². The number of nitrogens with zero attached hydrogens (tertiary/aromatic N) is 1. The van der Waals surface area contributed by atoms with Crippen LogP contribution in [-0.2, 0) is 9.59 Å². The van der Waals surface area contributed by atoms with E-state index in [1.165, 1.54) is 6.07 Å². The summed E-state index contributed by atoms with van der Waals surface area (Å²) in [6, 6.07) is 18.4. The van der Waals surface area contributed by atoms with Crippen LogP contribution in [0, 0.1) is 11.2 Å². The van der Waals surface area contributed by atoms with Crippen LogP contribution in [0.2, 0.25) is 0 Å². The number of carbonyl (C=O) groups excluding carboxylic acids is 1. The second kappa shape index (κ2) is 13.2. The summed E-state index contributed by atoms with van der Waals surface area (Å²) in [5.41, 5.74) is 9.73. The van der Waals surface area contributed by atoms with E-state index in [-0.39, 0.29) is 28.8 Å². The molecule has 0 aliphatic carbocycles. The van der Waals surface area contributed by atoms with Gasteiger partial charge < -0.3 is 26.2 Å². The number of benzene rings is 3. The Morgan fingerprint density at radius 3 is 2.02 bits per heavy atom. The summed E-state index contributed by atoms with van der Waals surface area (Å²) in [6.07, 6.45) is -2.87. The van der Waals surface area contributed by atoms with Gasteiger partial charge in [0.1, 0.15) is 11.6 Å². The number of halogens is 4. The third-order valence-electron chi connectivity index (χ3n) is 6.59. The second-order valence-electron chi connectivity index (χ2n) is 11.4.